The van der Waals surface area contributed by atoms with Gasteiger partial charge in [0, 0.05) is 6.54 Å². The SMILES string of the molecule is Cc1ccc(S(=O)(=O)NCc2cccc(S(N)(=O)=O)c2)c(Cl)c1. The van der Waals surface area contributed by atoms with E-state index in [0.29, 0.717) is 5.56 Å². The molecule has 6 nitrogen and oxygen atoms in total. The van der Waals surface area contributed by atoms with E-state index in [4.69, 9.17) is 16.7 Å². The molecule has 0 unspecified atom stereocenters. The van der Waals surface area contributed by atoms with Gasteiger partial charge in [-0.05, 0) is 42.3 Å². The van der Waals surface area contributed by atoms with E-state index in [-0.39, 0.29) is 21.4 Å². The summed E-state index contributed by atoms with van der Waals surface area (Å²) in [5.41, 5.74) is 1.30. The van der Waals surface area contributed by atoms with Crippen molar-refractivity contribution in [2.75, 3.05) is 0 Å². The van der Waals surface area contributed by atoms with Gasteiger partial charge in [-0.2, -0.15) is 0 Å². The lowest BCUT2D eigenvalue weighted by Gasteiger charge is -2.09. The topological polar surface area (TPSA) is 106 Å². The number of primary sulfonamides is 1. The predicted molar refractivity (Wildman–Crippen MR) is 88.0 cm³/mol. The molecule has 0 fully saturated rings. The van der Waals surface area contributed by atoms with Crippen LogP contribution in [0.2, 0.25) is 5.02 Å². The van der Waals surface area contributed by atoms with E-state index in [1.165, 1.54) is 24.3 Å². The molecule has 0 heterocycles. The highest BCUT2D eigenvalue weighted by atomic mass is 35.5. The van der Waals surface area contributed by atoms with Crippen molar-refractivity contribution in [2.24, 2.45) is 5.14 Å². The summed E-state index contributed by atoms with van der Waals surface area (Å²) >= 11 is 5.97. The minimum absolute atomic E-state index is 0.0348. The van der Waals surface area contributed by atoms with E-state index in [1.807, 2.05) is 0 Å². The Labute approximate surface area is 140 Å². The smallest absolute Gasteiger partial charge is 0.225 e. The summed E-state index contributed by atoms with van der Waals surface area (Å²) in [6, 6.07) is 10.3. The molecular formula is C14H15ClN2O4S2. The Hall–Kier alpha value is -1.45. The van der Waals surface area contributed by atoms with Gasteiger partial charge < -0.3 is 0 Å². The van der Waals surface area contributed by atoms with Gasteiger partial charge in [-0.15, -0.1) is 0 Å². The first-order valence-electron chi connectivity index (χ1n) is 6.47. The normalized spacial score (nSPS) is 12.3. The average molecular weight is 375 g/mol. The fourth-order valence-electron chi connectivity index (χ4n) is 1.91. The molecule has 0 aliphatic heterocycles. The van der Waals surface area contributed by atoms with E-state index in [1.54, 1.807) is 25.1 Å². The number of halogens is 1. The van der Waals surface area contributed by atoms with Gasteiger partial charge in [0.15, 0.2) is 0 Å². The molecule has 23 heavy (non-hydrogen) atoms. The van der Waals surface area contributed by atoms with Gasteiger partial charge in [0.2, 0.25) is 20.0 Å². The van der Waals surface area contributed by atoms with E-state index in [9.17, 15) is 16.8 Å². The molecule has 0 spiro atoms. The molecule has 9 heteroatoms. The number of hydrogen-bond donors (Lipinski definition) is 2. The number of nitrogens with two attached hydrogens (primary N) is 1. The van der Waals surface area contributed by atoms with Crippen molar-refractivity contribution >= 4 is 31.6 Å². The van der Waals surface area contributed by atoms with Gasteiger partial charge in [-0.3, -0.25) is 0 Å². The van der Waals surface area contributed by atoms with Gasteiger partial charge in [0.1, 0.15) is 4.90 Å². The Morgan fingerprint density at radius 3 is 2.39 bits per heavy atom. The number of benzene rings is 2. The summed E-state index contributed by atoms with van der Waals surface area (Å²) in [5, 5.41) is 5.17. The largest absolute Gasteiger partial charge is 0.242 e. The van der Waals surface area contributed by atoms with Crippen LogP contribution in [0.15, 0.2) is 52.3 Å². The standard InChI is InChI=1S/C14H15ClN2O4S2/c1-10-5-6-14(13(15)7-10)23(20,21)17-9-11-3-2-4-12(8-11)22(16,18)19/h2-8,17H,9H2,1H3,(H2,16,18,19). The van der Waals surface area contributed by atoms with E-state index < -0.39 is 20.0 Å². The Morgan fingerprint density at radius 1 is 1.09 bits per heavy atom. The first-order valence-corrected chi connectivity index (χ1v) is 9.88. The molecule has 0 radical (unpaired) electrons. The van der Waals surface area contributed by atoms with Crippen LogP contribution in [-0.4, -0.2) is 16.8 Å². The van der Waals surface area contributed by atoms with Crippen LogP contribution < -0.4 is 9.86 Å². The second kappa shape index (κ2) is 6.58. The molecule has 0 bridgehead atoms. The third-order valence-corrected chi connectivity index (χ3v) is 5.87. The zero-order valence-corrected chi connectivity index (χ0v) is 14.5. The van der Waals surface area contributed by atoms with Crippen LogP contribution in [0, 0.1) is 6.92 Å². The van der Waals surface area contributed by atoms with Crippen molar-refractivity contribution in [1.29, 1.82) is 0 Å². The van der Waals surface area contributed by atoms with Crippen molar-refractivity contribution in [3.63, 3.8) is 0 Å². The first kappa shape index (κ1) is 17.9. The maximum Gasteiger partial charge on any atom is 0.242 e. The van der Waals surface area contributed by atoms with Gasteiger partial charge in [-0.25, -0.2) is 26.7 Å². The quantitative estimate of drug-likeness (QED) is 0.831. The second-order valence-corrected chi connectivity index (χ2v) is 8.65. The molecule has 2 rings (SSSR count). The summed E-state index contributed by atoms with van der Waals surface area (Å²) < 4.78 is 49.6. The molecule has 3 N–H and O–H groups in total. The molecule has 0 amide bonds. The van der Waals surface area contributed by atoms with Crippen LogP contribution in [-0.2, 0) is 26.6 Å². The maximum absolute atomic E-state index is 12.3. The predicted octanol–water partition coefficient (Wildman–Crippen LogP) is 1.77. The Balaban J connectivity index is 2.23. The molecule has 2 aromatic rings. The van der Waals surface area contributed by atoms with E-state index in [2.05, 4.69) is 4.72 Å². The molecule has 0 atom stereocenters. The van der Waals surface area contributed by atoms with Crippen LogP contribution in [0.25, 0.3) is 0 Å². The Morgan fingerprint density at radius 2 is 1.78 bits per heavy atom. The Kier molecular flexibility index (Phi) is 5.12. The van der Waals surface area contributed by atoms with Crippen LogP contribution in [0.1, 0.15) is 11.1 Å². The van der Waals surface area contributed by atoms with Crippen LogP contribution in [0.3, 0.4) is 0 Å². The van der Waals surface area contributed by atoms with Crippen LogP contribution in [0.4, 0.5) is 0 Å². The zero-order valence-electron chi connectivity index (χ0n) is 12.2. The third kappa shape index (κ3) is 4.52. The van der Waals surface area contributed by atoms with Gasteiger partial charge in [-0.1, -0.05) is 29.8 Å². The molecule has 0 aromatic heterocycles. The Bertz CT molecular complexity index is 941. The number of sulfonamides is 2. The summed E-state index contributed by atoms with van der Waals surface area (Å²) in [7, 11) is -7.66. The fraction of sp³-hybridized carbons (Fsp3) is 0.143. The zero-order chi connectivity index (χ0) is 17.3. The number of hydrogen-bond acceptors (Lipinski definition) is 4. The molecule has 0 aliphatic carbocycles. The van der Waals surface area contributed by atoms with Crippen molar-refractivity contribution in [1.82, 2.24) is 4.72 Å². The van der Waals surface area contributed by atoms with Crippen LogP contribution >= 0.6 is 11.6 Å². The summed E-state index contributed by atoms with van der Waals surface area (Å²) in [6.45, 7) is 1.71. The summed E-state index contributed by atoms with van der Waals surface area (Å²) in [5.74, 6) is 0. The maximum atomic E-state index is 12.3. The molecule has 0 saturated heterocycles. The monoisotopic (exact) mass is 374 g/mol. The lowest BCUT2D eigenvalue weighted by molar-refractivity contribution is 0.581. The molecular weight excluding hydrogens is 360 g/mol. The highest BCUT2D eigenvalue weighted by Gasteiger charge is 2.18. The third-order valence-electron chi connectivity index (χ3n) is 3.07. The van der Waals surface area contributed by atoms with Gasteiger partial charge in [0.25, 0.3) is 0 Å². The van der Waals surface area contributed by atoms with Crippen molar-refractivity contribution in [3.05, 3.63) is 58.6 Å². The molecule has 124 valence electrons. The minimum Gasteiger partial charge on any atom is -0.225 e. The highest BCUT2D eigenvalue weighted by molar-refractivity contribution is 7.89. The number of rotatable bonds is 5. The van der Waals surface area contributed by atoms with Gasteiger partial charge >= 0.3 is 0 Å². The van der Waals surface area contributed by atoms with Crippen molar-refractivity contribution in [2.45, 2.75) is 23.3 Å². The summed E-state index contributed by atoms with van der Waals surface area (Å²) in [4.78, 5) is -0.116. The molecule has 0 saturated carbocycles. The number of nitrogens with one attached hydrogen (secondary N) is 1. The van der Waals surface area contributed by atoms with E-state index in [0.717, 1.165) is 5.56 Å². The minimum atomic E-state index is -3.84. The average Bonchev–Trinajstić information content (AvgIpc) is 2.44. The van der Waals surface area contributed by atoms with Gasteiger partial charge in [0.05, 0.1) is 9.92 Å². The second-order valence-electron chi connectivity index (χ2n) is 4.95. The fourth-order valence-corrected chi connectivity index (χ4v) is 4.11. The van der Waals surface area contributed by atoms with Crippen molar-refractivity contribution < 1.29 is 16.8 Å². The number of aryl methyl sites for hydroxylation is 1. The lowest BCUT2D eigenvalue weighted by Crippen LogP contribution is -2.23. The highest BCUT2D eigenvalue weighted by Crippen LogP contribution is 2.22. The molecule has 2 aromatic carbocycles. The summed E-state index contributed by atoms with van der Waals surface area (Å²) in [6.07, 6.45) is 0. The van der Waals surface area contributed by atoms with E-state index >= 15 is 0 Å². The van der Waals surface area contributed by atoms with Crippen molar-refractivity contribution in [3.8, 4) is 0 Å². The first-order chi connectivity index (χ1) is 10.6. The van der Waals surface area contributed by atoms with Crippen LogP contribution in [0.5, 0.6) is 0 Å². The molecule has 0 aliphatic rings. The lowest BCUT2D eigenvalue weighted by atomic mass is 10.2.